The molecule has 0 bridgehead atoms. The SMILES string of the molecule is NC(=O)Cc1nc2cc(Oc3ccc(NC(=O)Nc4nncs4)cc3)ccc2[nH]1. The smallest absolute Gasteiger partial charge is 0.325 e. The number of nitrogens with zero attached hydrogens (tertiary/aromatic N) is 3. The molecule has 10 nitrogen and oxygen atoms in total. The van der Waals surface area contributed by atoms with E-state index in [4.69, 9.17) is 10.5 Å². The van der Waals surface area contributed by atoms with Crippen LogP contribution in [0.3, 0.4) is 0 Å². The van der Waals surface area contributed by atoms with E-state index in [1.807, 2.05) is 6.07 Å². The predicted octanol–water partition coefficient (Wildman–Crippen LogP) is 2.88. The topological polar surface area (TPSA) is 148 Å². The number of aromatic amines is 1. The molecule has 11 heteroatoms. The number of fused-ring (bicyclic) bond motifs is 1. The first-order valence-electron chi connectivity index (χ1n) is 8.44. The maximum atomic E-state index is 11.9. The maximum absolute atomic E-state index is 11.9. The Morgan fingerprint density at radius 3 is 2.62 bits per heavy atom. The number of nitrogens with one attached hydrogen (secondary N) is 3. The highest BCUT2D eigenvalue weighted by Gasteiger charge is 2.08. The molecule has 2 aromatic heterocycles. The molecule has 0 aliphatic heterocycles. The fraction of sp³-hybridized carbons (Fsp3) is 0.0556. The quantitative estimate of drug-likeness (QED) is 0.385. The average Bonchev–Trinajstić information content (AvgIpc) is 3.31. The van der Waals surface area contributed by atoms with E-state index >= 15 is 0 Å². The van der Waals surface area contributed by atoms with Crippen molar-refractivity contribution in [3.05, 3.63) is 53.8 Å². The summed E-state index contributed by atoms with van der Waals surface area (Å²) in [4.78, 5) is 30.3. The summed E-state index contributed by atoms with van der Waals surface area (Å²) in [5, 5.41) is 13.1. The molecular formula is C18H15N7O3S. The molecule has 3 amide bonds. The van der Waals surface area contributed by atoms with Gasteiger partial charge in [-0.2, -0.15) is 0 Å². The number of anilines is 2. The molecule has 0 saturated carbocycles. The number of hydrogen-bond acceptors (Lipinski definition) is 7. The summed E-state index contributed by atoms with van der Waals surface area (Å²) in [5.74, 6) is 1.23. The highest BCUT2D eigenvalue weighted by Crippen LogP contribution is 2.26. The summed E-state index contributed by atoms with van der Waals surface area (Å²) >= 11 is 1.23. The van der Waals surface area contributed by atoms with Gasteiger partial charge in [0.15, 0.2) is 0 Å². The van der Waals surface area contributed by atoms with Gasteiger partial charge in [-0.15, -0.1) is 10.2 Å². The Morgan fingerprint density at radius 2 is 1.90 bits per heavy atom. The van der Waals surface area contributed by atoms with Crippen LogP contribution >= 0.6 is 11.3 Å². The third kappa shape index (κ3) is 4.65. The van der Waals surface area contributed by atoms with Crippen molar-refractivity contribution in [3.8, 4) is 11.5 Å². The molecule has 0 saturated heterocycles. The van der Waals surface area contributed by atoms with E-state index < -0.39 is 11.9 Å². The average molecular weight is 409 g/mol. The van der Waals surface area contributed by atoms with Gasteiger partial charge in [0.2, 0.25) is 11.0 Å². The molecule has 0 radical (unpaired) electrons. The molecule has 5 N–H and O–H groups in total. The summed E-state index contributed by atoms with van der Waals surface area (Å²) in [6.07, 6.45) is 0.0476. The Balaban J connectivity index is 1.40. The van der Waals surface area contributed by atoms with Crippen LogP contribution in [0.5, 0.6) is 11.5 Å². The number of imidazole rings is 1. The van der Waals surface area contributed by atoms with E-state index in [0.717, 1.165) is 5.52 Å². The number of urea groups is 1. The summed E-state index contributed by atoms with van der Waals surface area (Å²) < 4.78 is 5.83. The lowest BCUT2D eigenvalue weighted by Crippen LogP contribution is -2.19. The van der Waals surface area contributed by atoms with Crippen LogP contribution in [0.25, 0.3) is 11.0 Å². The second-order valence-electron chi connectivity index (χ2n) is 5.95. The van der Waals surface area contributed by atoms with Crippen LogP contribution in [-0.2, 0) is 11.2 Å². The minimum Gasteiger partial charge on any atom is -0.457 e. The number of aromatic nitrogens is 4. The van der Waals surface area contributed by atoms with Gasteiger partial charge < -0.3 is 20.8 Å². The second-order valence-corrected chi connectivity index (χ2v) is 6.79. The van der Waals surface area contributed by atoms with Crippen molar-refractivity contribution < 1.29 is 14.3 Å². The first-order valence-corrected chi connectivity index (χ1v) is 9.32. The van der Waals surface area contributed by atoms with Crippen LogP contribution in [0.2, 0.25) is 0 Å². The number of rotatable bonds is 6. The molecule has 2 aromatic carbocycles. The number of carbonyl (C=O) groups excluding carboxylic acids is 2. The second kappa shape index (κ2) is 7.94. The van der Waals surface area contributed by atoms with Gasteiger partial charge in [0.1, 0.15) is 22.8 Å². The van der Waals surface area contributed by atoms with Gasteiger partial charge in [0, 0.05) is 11.8 Å². The van der Waals surface area contributed by atoms with E-state index in [2.05, 4.69) is 30.8 Å². The van der Waals surface area contributed by atoms with Crippen molar-refractivity contribution in [3.63, 3.8) is 0 Å². The summed E-state index contributed by atoms with van der Waals surface area (Å²) in [5.41, 5.74) is 8.78. The fourth-order valence-electron chi connectivity index (χ4n) is 2.58. The maximum Gasteiger partial charge on any atom is 0.325 e. The van der Waals surface area contributed by atoms with E-state index in [1.54, 1.807) is 36.4 Å². The number of hydrogen-bond donors (Lipinski definition) is 4. The largest absolute Gasteiger partial charge is 0.457 e. The summed E-state index contributed by atoms with van der Waals surface area (Å²) in [6, 6.07) is 11.8. The molecule has 0 unspecified atom stereocenters. The molecule has 0 aliphatic carbocycles. The first-order chi connectivity index (χ1) is 14.0. The van der Waals surface area contributed by atoms with Gasteiger partial charge in [0.05, 0.1) is 17.5 Å². The van der Waals surface area contributed by atoms with Crippen LogP contribution in [0.1, 0.15) is 5.82 Å². The lowest BCUT2D eigenvalue weighted by molar-refractivity contribution is -0.117. The van der Waals surface area contributed by atoms with Crippen LogP contribution in [-0.4, -0.2) is 32.1 Å². The number of ether oxygens (including phenoxy) is 1. The zero-order valence-electron chi connectivity index (χ0n) is 14.9. The van der Waals surface area contributed by atoms with Crippen molar-refractivity contribution in [1.82, 2.24) is 20.2 Å². The van der Waals surface area contributed by atoms with Crippen LogP contribution in [0.15, 0.2) is 48.0 Å². The van der Waals surface area contributed by atoms with Crippen LogP contribution in [0.4, 0.5) is 15.6 Å². The molecule has 4 aromatic rings. The van der Waals surface area contributed by atoms with Crippen molar-refractivity contribution >= 4 is 45.1 Å². The van der Waals surface area contributed by atoms with Gasteiger partial charge in [-0.25, -0.2) is 9.78 Å². The zero-order valence-corrected chi connectivity index (χ0v) is 15.7. The standard InChI is InChI=1S/C18H15N7O3S/c19-15(26)8-16-22-13-6-5-12(7-14(13)23-16)28-11-3-1-10(2-4-11)21-17(27)24-18-25-20-9-29-18/h1-7,9H,8H2,(H2,19,26)(H,22,23)(H2,21,24,25,27). The summed E-state index contributed by atoms with van der Waals surface area (Å²) in [6.45, 7) is 0. The Labute approximate surface area is 168 Å². The number of primary amides is 1. The number of nitrogens with two attached hydrogens (primary N) is 1. The lowest BCUT2D eigenvalue weighted by Gasteiger charge is -2.08. The van der Waals surface area contributed by atoms with Crippen molar-refractivity contribution in [2.24, 2.45) is 5.73 Å². The number of amides is 3. The fourth-order valence-corrected chi connectivity index (χ4v) is 3.02. The van der Waals surface area contributed by atoms with Gasteiger partial charge in [-0.3, -0.25) is 10.1 Å². The molecule has 4 rings (SSSR count). The van der Waals surface area contributed by atoms with E-state index in [-0.39, 0.29) is 6.42 Å². The Bertz CT molecular complexity index is 1160. The lowest BCUT2D eigenvalue weighted by atomic mass is 10.3. The molecule has 0 spiro atoms. The number of benzene rings is 2. The van der Waals surface area contributed by atoms with Gasteiger partial charge in [-0.05, 0) is 36.4 Å². The highest BCUT2D eigenvalue weighted by atomic mass is 32.1. The van der Waals surface area contributed by atoms with Gasteiger partial charge >= 0.3 is 6.03 Å². The predicted molar refractivity (Wildman–Crippen MR) is 108 cm³/mol. The Morgan fingerprint density at radius 1 is 1.10 bits per heavy atom. The van der Waals surface area contributed by atoms with Crippen molar-refractivity contribution in [2.75, 3.05) is 10.6 Å². The molecule has 2 heterocycles. The van der Waals surface area contributed by atoms with Gasteiger partial charge in [0.25, 0.3) is 0 Å². The first kappa shape index (κ1) is 18.4. The normalized spacial score (nSPS) is 10.6. The highest BCUT2D eigenvalue weighted by molar-refractivity contribution is 7.13. The molecule has 0 atom stereocenters. The molecule has 146 valence electrons. The molecular weight excluding hydrogens is 394 g/mol. The molecule has 29 heavy (non-hydrogen) atoms. The van der Waals surface area contributed by atoms with Crippen molar-refractivity contribution in [1.29, 1.82) is 0 Å². The molecule has 0 aliphatic rings. The van der Waals surface area contributed by atoms with Gasteiger partial charge in [-0.1, -0.05) is 11.3 Å². The number of H-pyrrole nitrogens is 1. The third-order valence-electron chi connectivity index (χ3n) is 3.77. The van der Waals surface area contributed by atoms with E-state index in [0.29, 0.717) is 33.7 Å². The minimum absolute atomic E-state index is 0.0476. The molecule has 0 fully saturated rings. The van der Waals surface area contributed by atoms with E-state index in [1.165, 1.54) is 16.8 Å². The summed E-state index contributed by atoms with van der Waals surface area (Å²) in [7, 11) is 0. The van der Waals surface area contributed by atoms with E-state index in [9.17, 15) is 9.59 Å². The minimum atomic E-state index is -0.453. The van der Waals surface area contributed by atoms with Crippen molar-refractivity contribution in [2.45, 2.75) is 6.42 Å². The Kier molecular flexibility index (Phi) is 5.03. The van der Waals surface area contributed by atoms with Crippen LogP contribution in [0, 0.1) is 0 Å². The monoisotopic (exact) mass is 409 g/mol. The zero-order chi connectivity index (χ0) is 20.2. The Hall–Kier alpha value is -3.99. The van der Waals surface area contributed by atoms with Crippen LogP contribution < -0.4 is 21.1 Å². The number of carbonyl (C=O) groups is 2. The third-order valence-corrected chi connectivity index (χ3v) is 4.38.